The summed E-state index contributed by atoms with van der Waals surface area (Å²) in [6.45, 7) is 2.84. The highest BCUT2D eigenvalue weighted by Crippen LogP contribution is 2.31. The number of nitrogens with one attached hydrogen (secondary N) is 1. The Morgan fingerprint density at radius 1 is 1.09 bits per heavy atom. The van der Waals surface area contributed by atoms with Crippen LogP contribution < -0.4 is 0 Å². The highest BCUT2D eigenvalue weighted by atomic mass is 16.2. The summed E-state index contributed by atoms with van der Waals surface area (Å²) < 4.78 is 0. The summed E-state index contributed by atoms with van der Waals surface area (Å²) in [7, 11) is 1.84. The number of H-pyrrole nitrogens is 1. The topological polar surface area (TPSA) is 118 Å². The molecule has 1 aliphatic heterocycles. The molecule has 1 fully saturated rings. The van der Waals surface area contributed by atoms with Gasteiger partial charge in [-0.3, -0.25) is 14.5 Å². The molecule has 174 valence electrons. The number of pyridine rings is 1. The molecule has 5 rings (SSSR count). The monoisotopic (exact) mass is 465 g/mol. The van der Waals surface area contributed by atoms with Gasteiger partial charge in [0.1, 0.15) is 5.65 Å². The van der Waals surface area contributed by atoms with Crippen molar-refractivity contribution in [1.82, 2.24) is 19.8 Å². The average molecular weight is 466 g/mol. The number of aromatic amines is 1. The molecule has 0 atom stereocenters. The molecule has 1 saturated heterocycles. The summed E-state index contributed by atoms with van der Waals surface area (Å²) in [5.41, 5.74) is 14.7. The average Bonchev–Trinajstić information content (AvgIpc) is 3.30. The number of piperazine rings is 1. The lowest BCUT2D eigenvalue weighted by molar-refractivity contribution is -0.134. The standard InChI is InChI=1S/C26H23N7O2/c1-32-10-11-33(16-24(32)34)15-17-2-4-18(5-3-17)21-12-22-23(14-29-25(22)28-13-21)19-6-8-20(9-7-19)26(35)30-31-27/h2-9,12-14H,10-11,15-16H2,1H3,(H,28,29). The Hall–Kier alpha value is -4.46. The minimum absolute atomic E-state index is 0.159. The molecule has 0 aliphatic carbocycles. The second kappa shape index (κ2) is 9.42. The van der Waals surface area contributed by atoms with Crippen molar-refractivity contribution in [2.75, 3.05) is 26.7 Å². The molecule has 0 radical (unpaired) electrons. The molecule has 4 aromatic rings. The summed E-state index contributed by atoms with van der Waals surface area (Å²) in [4.78, 5) is 38.0. The van der Waals surface area contributed by atoms with Crippen LogP contribution in [0.2, 0.25) is 0 Å². The van der Waals surface area contributed by atoms with Crippen molar-refractivity contribution in [1.29, 1.82) is 0 Å². The van der Waals surface area contributed by atoms with Gasteiger partial charge in [-0.15, -0.1) is 0 Å². The maximum atomic E-state index is 12.0. The highest BCUT2D eigenvalue weighted by molar-refractivity contribution is 5.98. The molecule has 2 amide bonds. The number of rotatable bonds is 5. The number of fused-ring (bicyclic) bond motifs is 1. The number of azide groups is 1. The quantitative estimate of drug-likeness (QED) is 0.263. The van der Waals surface area contributed by atoms with Gasteiger partial charge in [0.15, 0.2) is 0 Å². The molecule has 0 spiro atoms. The first-order valence-corrected chi connectivity index (χ1v) is 11.2. The van der Waals surface area contributed by atoms with E-state index in [1.807, 2.05) is 31.6 Å². The summed E-state index contributed by atoms with van der Waals surface area (Å²) >= 11 is 0. The van der Waals surface area contributed by atoms with Gasteiger partial charge in [-0.25, -0.2) is 4.98 Å². The van der Waals surface area contributed by atoms with E-state index in [-0.39, 0.29) is 5.91 Å². The van der Waals surface area contributed by atoms with Crippen LogP contribution in [0.1, 0.15) is 15.9 Å². The zero-order valence-corrected chi connectivity index (χ0v) is 19.2. The van der Waals surface area contributed by atoms with Crippen molar-refractivity contribution in [3.8, 4) is 22.3 Å². The van der Waals surface area contributed by atoms with Crippen LogP contribution in [-0.2, 0) is 11.3 Å². The highest BCUT2D eigenvalue weighted by Gasteiger charge is 2.20. The number of benzene rings is 2. The van der Waals surface area contributed by atoms with Gasteiger partial charge in [0.05, 0.1) is 6.54 Å². The Morgan fingerprint density at radius 3 is 2.54 bits per heavy atom. The van der Waals surface area contributed by atoms with Gasteiger partial charge in [-0.2, -0.15) is 0 Å². The Morgan fingerprint density at radius 2 is 1.83 bits per heavy atom. The van der Waals surface area contributed by atoms with Gasteiger partial charge in [-0.05, 0) is 33.4 Å². The van der Waals surface area contributed by atoms with Gasteiger partial charge in [-0.1, -0.05) is 48.5 Å². The maximum absolute atomic E-state index is 12.0. The van der Waals surface area contributed by atoms with E-state index in [0.29, 0.717) is 12.1 Å². The maximum Gasteiger partial charge on any atom is 0.249 e. The normalized spacial score (nSPS) is 14.2. The van der Waals surface area contributed by atoms with E-state index < -0.39 is 5.91 Å². The molecule has 1 aliphatic rings. The van der Waals surface area contributed by atoms with Crippen LogP contribution in [-0.4, -0.2) is 58.3 Å². The van der Waals surface area contributed by atoms with Crippen molar-refractivity contribution in [2.24, 2.45) is 5.11 Å². The van der Waals surface area contributed by atoms with E-state index in [9.17, 15) is 9.59 Å². The first-order valence-electron chi connectivity index (χ1n) is 11.2. The Bertz CT molecular complexity index is 1450. The largest absolute Gasteiger partial charge is 0.346 e. The minimum Gasteiger partial charge on any atom is -0.346 e. The van der Waals surface area contributed by atoms with Crippen LogP contribution in [0, 0.1) is 0 Å². The number of hydrogen-bond acceptors (Lipinski definition) is 4. The van der Waals surface area contributed by atoms with Crippen molar-refractivity contribution in [2.45, 2.75) is 6.54 Å². The predicted octanol–water partition coefficient (Wildman–Crippen LogP) is 4.62. The molecule has 2 aromatic heterocycles. The van der Waals surface area contributed by atoms with E-state index in [2.05, 4.69) is 55.2 Å². The van der Waals surface area contributed by atoms with E-state index in [0.717, 1.165) is 58.5 Å². The summed E-state index contributed by atoms with van der Waals surface area (Å²) in [6.07, 6.45) is 3.74. The fraction of sp³-hybridized carbons (Fsp3) is 0.192. The number of aromatic nitrogens is 2. The Labute approximate surface area is 201 Å². The zero-order valence-electron chi connectivity index (χ0n) is 19.2. The number of likely N-dealkylation sites (N-methyl/N-ethyl adjacent to an activating group) is 1. The number of carbonyl (C=O) groups excluding carboxylic acids is 2. The van der Waals surface area contributed by atoms with Crippen molar-refractivity contribution >= 4 is 22.8 Å². The SMILES string of the molecule is CN1CCN(Cc2ccc(-c3cnc4[nH]cc(-c5ccc(C(=O)N=[N+]=[N-])cc5)c4c3)cc2)CC1=O. The molecule has 2 aromatic carbocycles. The lowest BCUT2D eigenvalue weighted by atomic mass is 10.0. The summed E-state index contributed by atoms with van der Waals surface area (Å²) in [6, 6.07) is 17.4. The Balaban J connectivity index is 1.37. The van der Waals surface area contributed by atoms with E-state index in [4.69, 9.17) is 5.53 Å². The smallest absolute Gasteiger partial charge is 0.249 e. The number of nitrogens with zero attached hydrogens (tertiary/aromatic N) is 6. The molecule has 0 saturated carbocycles. The lowest BCUT2D eigenvalue weighted by Crippen LogP contribution is -2.47. The van der Waals surface area contributed by atoms with E-state index in [1.165, 1.54) is 0 Å². The third kappa shape index (κ3) is 4.63. The molecule has 0 bridgehead atoms. The zero-order chi connectivity index (χ0) is 24.4. The summed E-state index contributed by atoms with van der Waals surface area (Å²) in [5, 5.41) is 4.10. The first kappa shape index (κ1) is 22.3. The molecule has 3 heterocycles. The molecular weight excluding hydrogens is 442 g/mol. The van der Waals surface area contributed by atoms with Crippen LogP contribution in [0.15, 0.2) is 72.1 Å². The molecule has 1 N–H and O–H groups in total. The fourth-order valence-electron chi connectivity index (χ4n) is 4.29. The van der Waals surface area contributed by atoms with Gasteiger partial charge in [0.25, 0.3) is 0 Å². The van der Waals surface area contributed by atoms with Gasteiger partial charge < -0.3 is 9.88 Å². The van der Waals surface area contributed by atoms with Crippen molar-refractivity contribution in [3.63, 3.8) is 0 Å². The van der Waals surface area contributed by atoms with Gasteiger partial charge in [0.2, 0.25) is 11.8 Å². The second-order valence-corrected chi connectivity index (χ2v) is 8.62. The van der Waals surface area contributed by atoms with Gasteiger partial charge >= 0.3 is 0 Å². The fourth-order valence-corrected chi connectivity index (χ4v) is 4.29. The third-order valence-corrected chi connectivity index (χ3v) is 6.34. The van der Waals surface area contributed by atoms with Crippen LogP contribution in [0.4, 0.5) is 0 Å². The van der Waals surface area contributed by atoms with Crippen molar-refractivity contribution < 1.29 is 9.59 Å². The minimum atomic E-state index is -0.607. The molecule has 9 nitrogen and oxygen atoms in total. The summed E-state index contributed by atoms with van der Waals surface area (Å²) in [5.74, 6) is -0.448. The predicted molar refractivity (Wildman–Crippen MR) is 133 cm³/mol. The Kier molecular flexibility index (Phi) is 6.01. The number of carbonyl (C=O) groups is 2. The first-order chi connectivity index (χ1) is 17.0. The van der Waals surface area contributed by atoms with Crippen molar-refractivity contribution in [3.05, 3.63) is 88.6 Å². The van der Waals surface area contributed by atoms with Crippen LogP contribution >= 0.6 is 0 Å². The van der Waals surface area contributed by atoms with E-state index >= 15 is 0 Å². The molecule has 0 unspecified atom stereocenters. The molecular formula is C26H23N7O2. The van der Waals surface area contributed by atoms with Crippen LogP contribution in [0.25, 0.3) is 43.7 Å². The molecule has 35 heavy (non-hydrogen) atoms. The number of amides is 2. The van der Waals surface area contributed by atoms with Crippen LogP contribution in [0.5, 0.6) is 0 Å². The van der Waals surface area contributed by atoms with E-state index in [1.54, 1.807) is 17.0 Å². The lowest BCUT2D eigenvalue weighted by Gasteiger charge is -2.31. The van der Waals surface area contributed by atoms with Crippen LogP contribution in [0.3, 0.4) is 0 Å². The van der Waals surface area contributed by atoms with Gasteiger partial charge in [0, 0.05) is 66.1 Å². The third-order valence-electron chi connectivity index (χ3n) is 6.34. The number of hydrogen-bond donors (Lipinski definition) is 1. The molecule has 9 heteroatoms. The second-order valence-electron chi connectivity index (χ2n) is 8.62.